The summed E-state index contributed by atoms with van der Waals surface area (Å²) in [7, 11) is 1.54. The molecular weight excluding hydrogens is 334 g/mol. The summed E-state index contributed by atoms with van der Waals surface area (Å²) in [6, 6.07) is 17.3. The molecule has 0 bridgehead atoms. The number of methoxy groups -OCH3 is 1. The predicted molar refractivity (Wildman–Crippen MR) is 99.4 cm³/mol. The lowest BCUT2D eigenvalue weighted by Crippen LogP contribution is -2.12. The summed E-state index contributed by atoms with van der Waals surface area (Å²) >= 11 is 1.40. The molecule has 0 spiro atoms. The minimum atomic E-state index is -0.257. The number of hydrogen-bond donors (Lipinski definition) is 1. The first-order chi connectivity index (χ1) is 12.2. The van der Waals surface area contributed by atoms with Crippen molar-refractivity contribution in [1.29, 1.82) is 0 Å². The lowest BCUT2D eigenvalue weighted by atomic mass is 9.97. The number of ether oxygens (including phenoxy) is 1. The van der Waals surface area contributed by atoms with E-state index in [1.807, 2.05) is 24.3 Å². The van der Waals surface area contributed by atoms with Crippen LogP contribution in [0.25, 0.3) is 0 Å². The standard InChI is InChI=1S/C19H19N3O2S/c1-3-14(13-9-5-4-6-10-13)18-21-22-19(25-18)20-17(23)15-11-7-8-12-16(15)24-2/h4-12,14H,3H2,1-2H3,(H,20,22,23)/t14-/m1/s1. The Hall–Kier alpha value is -2.73. The Balaban J connectivity index is 1.78. The molecule has 25 heavy (non-hydrogen) atoms. The molecule has 0 aliphatic carbocycles. The zero-order valence-corrected chi connectivity index (χ0v) is 14.9. The van der Waals surface area contributed by atoms with Gasteiger partial charge >= 0.3 is 0 Å². The van der Waals surface area contributed by atoms with Crippen molar-refractivity contribution in [3.63, 3.8) is 0 Å². The quantitative estimate of drug-likeness (QED) is 0.716. The molecule has 1 amide bonds. The van der Waals surface area contributed by atoms with Crippen molar-refractivity contribution in [1.82, 2.24) is 10.2 Å². The minimum absolute atomic E-state index is 0.176. The molecule has 6 heteroatoms. The highest BCUT2D eigenvalue weighted by Gasteiger charge is 2.19. The fourth-order valence-corrected chi connectivity index (χ4v) is 3.61. The van der Waals surface area contributed by atoms with Crippen LogP contribution in [-0.4, -0.2) is 23.2 Å². The monoisotopic (exact) mass is 353 g/mol. The Morgan fingerprint density at radius 3 is 2.56 bits per heavy atom. The van der Waals surface area contributed by atoms with Gasteiger partial charge in [-0.15, -0.1) is 10.2 Å². The van der Waals surface area contributed by atoms with Crippen LogP contribution in [0.1, 0.15) is 40.2 Å². The normalized spacial score (nSPS) is 11.8. The molecule has 0 fully saturated rings. The summed E-state index contributed by atoms with van der Waals surface area (Å²) in [5.74, 6) is 0.448. The van der Waals surface area contributed by atoms with E-state index in [-0.39, 0.29) is 11.8 Å². The lowest BCUT2D eigenvalue weighted by Gasteiger charge is -2.11. The maximum atomic E-state index is 12.5. The van der Waals surface area contributed by atoms with Crippen LogP contribution < -0.4 is 10.1 Å². The van der Waals surface area contributed by atoms with Gasteiger partial charge in [-0.25, -0.2) is 0 Å². The molecule has 3 rings (SSSR count). The van der Waals surface area contributed by atoms with Gasteiger partial charge in [0.15, 0.2) is 0 Å². The van der Waals surface area contributed by atoms with Gasteiger partial charge in [0.2, 0.25) is 5.13 Å². The van der Waals surface area contributed by atoms with Gasteiger partial charge in [-0.3, -0.25) is 10.1 Å². The van der Waals surface area contributed by atoms with Crippen molar-refractivity contribution in [2.24, 2.45) is 0 Å². The number of anilines is 1. The highest BCUT2D eigenvalue weighted by atomic mass is 32.1. The summed E-state index contributed by atoms with van der Waals surface area (Å²) in [5, 5.41) is 12.6. The Kier molecular flexibility index (Phi) is 5.40. The molecule has 0 aliphatic heterocycles. The molecule has 1 atom stereocenters. The maximum absolute atomic E-state index is 12.5. The third kappa shape index (κ3) is 3.85. The second-order valence-corrected chi connectivity index (χ2v) is 6.48. The van der Waals surface area contributed by atoms with E-state index in [2.05, 4.69) is 34.6 Å². The largest absolute Gasteiger partial charge is 0.496 e. The van der Waals surface area contributed by atoms with E-state index in [1.54, 1.807) is 25.3 Å². The van der Waals surface area contributed by atoms with Crippen molar-refractivity contribution in [3.8, 4) is 5.75 Å². The predicted octanol–water partition coefficient (Wildman–Crippen LogP) is 4.34. The summed E-state index contributed by atoms with van der Waals surface area (Å²) < 4.78 is 5.23. The number of para-hydroxylation sites is 1. The smallest absolute Gasteiger partial charge is 0.261 e. The van der Waals surface area contributed by atoms with E-state index < -0.39 is 0 Å². The van der Waals surface area contributed by atoms with Crippen LogP contribution in [0, 0.1) is 0 Å². The molecule has 0 saturated heterocycles. The van der Waals surface area contributed by atoms with E-state index in [1.165, 1.54) is 16.9 Å². The van der Waals surface area contributed by atoms with E-state index in [9.17, 15) is 4.79 Å². The molecule has 128 valence electrons. The topological polar surface area (TPSA) is 64.1 Å². The maximum Gasteiger partial charge on any atom is 0.261 e. The average Bonchev–Trinajstić information content (AvgIpc) is 3.11. The highest BCUT2D eigenvalue weighted by molar-refractivity contribution is 7.15. The summed E-state index contributed by atoms with van der Waals surface area (Å²) in [5.41, 5.74) is 1.67. The van der Waals surface area contributed by atoms with Gasteiger partial charge in [0.05, 0.1) is 12.7 Å². The van der Waals surface area contributed by atoms with Gasteiger partial charge in [-0.2, -0.15) is 0 Å². The van der Waals surface area contributed by atoms with Crippen molar-refractivity contribution < 1.29 is 9.53 Å². The Bertz CT molecular complexity index is 849. The minimum Gasteiger partial charge on any atom is -0.496 e. The zero-order valence-electron chi connectivity index (χ0n) is 14.1. The molecule has 0 saturated carbocycles. The zero-order chi connectivity index (χ0) is 17.6. The van der Waals surface area contributed by atoms with Gasteiger partial charge in [0.1, 0.15) is 10.8 Å². The second kappa shape index (κ2) is 7.90. The van der Waals surface area contributed by atoms with E-state index in [0.717, 1.165) is 11.4 Å². The molecule has 0 unspecified atom stereocenters. The first kappa shape index (κ1) is 17.1. The van der Waals surface area contributed by atoms with Gasteiger partial charge in [0, 0.05) is 5.92 Å². The Morgan fingerprint density at radius 1 is 1.12 bits per heavy atom. The number of aromatic nitrogens is 2. The molecule has 5 nitrogen and oxygen atoms in total. The van der Waals surface area contributed by atoms with Gasteiger partial charge in [-0.05, 0) is 24.1 Å². The Labute approximate surface area is 150 Å². The van der Waals surface area contributed by atoms with Crippen LogP contribution in [-0.2, 0) is 0 Å². The van der Waals surface area contributed by atoms with Gasteiger partial charge in [0.25, 0.3) is 5.91 Å². The number of nitrogens with one attached hydrogen (secondary N) is 1. The lowest BCUT2D eigenvalue weighted by molar-refractivity contribution is 0.102. The average molecular weight is 353 g/mol. The van der Waals surface area contributed by atoms with E-state index in [0.29, 0.717) is 16.4 Å². The molecule has 0 aliphatic rings. The molecule has 1 N–H and O–H groups in total. The molecule has 0 radical (unpaired) electrons. The first-order valence-corrected chi connectivity index (χ1v) is 8.87. The SMILES string of the molecule is CC[C@H](c1ccccc1)c1nnc(NC(=O)c2ccccc2OC)s1. The molecule has 2 aromatic carbocycles. The van der Waals surface area contributed by atoms with Crippen LogP contribution >= 0.6 is 11.3 Å². The fourth-order valence-electron chi connectivity index (χ4n) is 2.66. The van der Waals surface area contributed by atoms with Crippen LogP contribution in [0.2, 0.25) is 0 Å². The van der Waals surface area contributed by atoms with Crippen molar-refractivity contribution in [2.45, 2.75) is 19.3 Å². The molecule has 3 aromatic rings. The third-order valence-electron chi connectivity index (χ3n) is 3.92. The van der Waals surface area contributed by atoms with Crippen LogP contribution in [0.15, 0.2) is 54.6 Å². The molecule has 1 aromatic heterocycles. The number of carbonyl (C=O) groups excluding carboxylic acids is 1. The van der Waals surface area contributed by atoms with Gasteiger partial charge < -0.3 is 4.74 Å². The fraction of sp³-hybridized carbons (Fsp3) is 0.211. The first-order valence-electron chi connectivity index (χ1n) is 8.05. The van der Waals surface area contributed by atoms with E-state index in [4.69, 9.17) is 4.74 Å². The number of carbonyl (C=O) groups is 1. The van der Waals surface area contributed by atoms with Crippen molar-refractivity contribution in [3.05, 3.63) is 70.7 Å². The van der Waals surface area contributed by atoms with E-state index >= 15 is 0 Å². The number of benzene rings is 2. The highest BCUT2D eigenvalue weighted by Crippen LogP contribution is 2.31. The summed E-state index contributed by atoms with van der Waals surface area (Å²) in [6.45, 7) is 2.12. The number of nitrogens with zero attached hydrogens (tertiary/aromatic N) is 2. The summed E-state index contributed by atoms with van der Waals surface area (Å²) in [6.07, 6.45) is 0.916. The van der Waals surface area contributed by atoms with Crippen molar-refractivity contribution in [2.75, 3.05) is 12.4 Å². The van der Waals surface area contributed by atoms with Crippen LogP contribution in [0.3, 0.4) is 0 Å². The summed E-state index contributed by atoms with van der Waals surface area (Å²) in [4.78, 5) is 12.5. The molecular formula is C19H19N3O2S. The van der Waals surface area contributed by atoms with Crippen molar-refractivity contribution >= 4 is 22.4 Å². The molecule has 1 heterocycles. The number of rotatable bonds is 6. The van der Waals surface area contributed by atoms with Crippen LogP contribution in [0.5, 0.6) is 5.75 Å². The second-order valence-electron chi connectivity index (χ2n) is 5.47. The Morgan fingerprint density at radius 2 is 1.84 bits per heavy atom. The third-order valence-corrected chi connectivity index (χ3v) is 4.87. The number of amides is 1. The van der Waals surface area contributed by atoms with Gasteiger partial charge in [-0.1, -0.05) is 60.7 Å². The number of hydrogen-bond acceptors (Lipinski definition) is 5. The van der Waals surface area contributed by atoms with Crippen LogP contribution in [0.4, 0.5) is 5.13 Å².